The fourth-order valence-corrected chi connectivity index (χ4v) is 2.58. The average Bonchev–Trinajstić information content (AvgIpc) is 2.92. The fourth-order valence-electron chi connectivity index (χ4n) is 2.58. The van der Waals surface area contributed by atoms with Crippen molar-refractivity contribution in [1.82, 2.24) is 4.90 Å². The molecular formula is C15H20FNO3. The van der Waals surface area contributed by atoms with Gasteiger partial charge in [-0.2, -0.15) is 0 Å². The molecule has 1 fully saturated rings. The van der Waals surface area contributed by atoms with Crippen molar-refractivity contribution in [3.05, 3.63) is 30.1 Å². The number of amides is 1. The van der Waals surface area contributed by atoms with Crippen LogP contribution < -0.4 is 4.74 Å². The summed E-state index contributed by atoms with van der Waals surface area (Å²) >= 11 is 0. The van der Waals surface area contributed by atoms with E-state index in [-0.39, 0.29) is 30.9 Å². The summed E-state index contributed by atoms with van der Waals surface area (Å²) in [5.74, 6) is -0.473. The van der Waals surface area contributed by atoms with Gasteiger partial charge in [0.2, 0.25) is 0 Å². The molecule has 110 valence electrons. The van der Waals surface area contributed by atoms with Gasteiger partial charge in [-0.3, -0.25) is 4.79 Å². The molecule has 1 aliphatic rings. The van der Waals surface area contributed by atoms with Crippen LogP contribution in [0.15, 0.2) is 24.3 Å². The van der Waals surface area contributed by atoms with Crippen LogP contribution >= 0.6 is 0 Å². The minimum atomic E-state index is -0.460. The molecular weight excluding hydrogens is 261 g/mol. The lowest BCUT2D eigenvalue weighted by Gasteiger charge is -2.24. The third-order valence-corrected chi connectivity index (χ3v) is 3.58. The van der Waals surface area contributed by atoms with Crippen LogP contribution in [0.5, 0.6) is 5.75 Å². The summed E-state index contributed by atoms with van der Waals surface area (Å²) < 4.78 is 18.6. The average molecular weight is 281 g/mol. The first-order valence-corrected chi connectivity index (χ1v) is 7.00. The predicted molar refractivity (Wildman–Crippen MR) is 72.9 cm³/mol. The smallest absolute Gasteiger partial charge is 0.260 e. The Morgan fingerprint density at radius 3 is 3.00 bits per heavy atom. The highest BCUT2D eigenvalue weighted by molar-refractivity contribution is 5.78. The summed E-state index contributed by atoms with van der Waals surface area (Å²) in [7, 11) is 0. The van der Waals surface area contributed by atoms with Gasteiger partial charge in [0.25, 0.3) is 5.91 Å². The highest BCUT2D eigenvalue weighted by Gasteiger charge is 2.28. The van der Waals surface area contributed by atoms with Crippen molar-refractivity contribution in [3.8, 4) is 5.75 Å². The van der Waals surface area contributed by atoms with Gasteiger partial charge in [-0.05, 0) is 37.8 Å². The lowest BCUT2D eigenvalue weighted by Crippen LogP contribution is -2.38. The van der Waals surface area contributed by atoms with Crippen molar-refractivity contribution in [3.63, 3.8) is 0 Å². The number of aliphatic hydroxyl groups excluding tert-OH is 1. The normalized spacial score (nSPS) is 18.3. The molecule has 1 atom stereocenters. The predicted octanol–water partition coefficient (Wildman–Crippen LogP) is 1.97. The van der Waals surface area contributed by atoms with Crippen LogP contribution in [0.1, 0.15) is 25.7 Å². The Morgan fingerprint density at radius 2 is 2.25 bits per heavy atom. The number of carbonyl (C=O) groups is 1. The molecule has 1 aromatic rings. The van der Waals surface area contributed by atoms with Gasteiger partial charge in [-0.1, -0.05) is 12.1 Å². The second-order valence-electron chi connectivity index (χ2n) is 4.97. The highest BCUT2D eigenvalue weighted by Crippen LogP contribution is 2.22. The van der Waals surface area contributed by atoms with Crippen LogP contribution in [0.25, 0.3) is 0 Å². The minimum Gasteiger partial charge on any atom is -0.481 e. The summed E-state index contributed by atoms with van der Waals surface area (Å²) in [5, 5.41) is 8.86. The molecule has 1 unspecified atom stereocenters. The summed E-state index contributed by atoms with van der Waals surface area (Å²) in [4.78, 5) is 13.9. The van der Waals surface area contributed by atoms with Gasteiger partial charge < -0.3 is 14.7 Å². The van der Waals surface area contributed by atoms with Gasteiger partial charge >= 0.3 is 0 Å². The minimum absolute atomic E-state index is 0.104. The number of carbonyl (C=O) groups excluding carboxylic acids is 1. The molecule has 0 radical (unpaired) electrons. The number of hydrogen-bond donors (Lipinski definition) is 1. The van der Waals surface area contributed by atoms with Crippen LogP contribution in [0.3, 0.4) is 0 Å². The Kier molecular flexibility index (Phi) is 5.35. The third-order valence-electron chi connectivity index (χ3n) is 3.58. The number of aliphatic hydroxyl groups is 1. The maximum absolute atomic E-state index is 13.4. The molecule has 2 rings (SSSR count). The van der Waals surface area contributed by atoms with Gasteiger partial charge in [-0.15, -0.1) is 0 Å². The van der Waals surface area contributed by atoms with Crippen LogP contribution in [0.4, 0.5) is 4.39 Å². The summed E-state index contributed by atoms with van der Waals surface area (Å²) in [6.45, 7) is 0.719. The monoisotopic (exact) mass is 281 g/mol. The first kappa shape index (κ1) is 14.8. The highest BCUT2D eigenvalue weighted by atomic mass is 19.1. The molecule has 0 aliphatic carbocycles. The molecule has 1 aliphatic heterocycles. The Morgan fingerprint density at radius 1 is 1.45 bits per heavy atom. The first-order chi connectivity index (χ1) is 9.72. The van der Waals surface area contributed by atoms with E-state index >= 15 is 0 Å². The van der Waals surface area contributed by atoms with Crippen LogP contribution in [-0.2, 0) is 4.79 Å². The number of benzene rings is 1. The zero-order chi connectivity index (χ0) is 14.4. The lowest BCUT2D eigenvalue weighted by atomic mass is 10.1. The van der Waals surface area contributed by atoms with Crippen molar-refractivity contribution < 1.29 is 19.0 Å². The molecule has 0 saturated carbocycles. The van der Waals surface area contributed by atoms with Gasteiger partial charge in [-0.25, -0.2) is 4.39 Å². The van der Waals surface area contributed by atoms with Crippen molar-refractivity contribution in [1.29, 1.82) is 0 Å². The number of nitrogens with zero attached hydrogens (tertiary/aromatic N) is 1. The summed E-state index contributed by atoms with van der Waals surface area (Å²) in [5.41, 5.74) is 0. The number of halogens is 1. The molecule has 4 nitrogen and oxygen atoms in total. The van der Waals surface area contributed by atoms with E-state index in [2.05, 4.69) is 0 Å². The molecule has 1 N–H and O–H groups in total. The van der Waals surface area contributed by atoms with Gasteiger partial charge in [0.15, 0.2) is 18.2 Å². The van der Waals surface area contributed by atoms with Crippen molar-refractivity contribution >= 4 is 5.91 Å². The van der Waals surface area contributed by atoms with Crippen LogP contribution in [0, 0.1) is 5.82 Å². The molecule has 1 heterocycles. The Labute approximate surface area is 118 Å². The van der Waals surface area contributed by atoms with Crippen LogP contribution in [0.2, 0.25) is 0 Å². The number of likely N-dealkylation sites (tertiary alicyclic amines) is 1. The Bertz CT molecular complexity index is 452. The first-order valence-electron chi connectivity index (χ1n) is 7.00. The number of para-hydroxylation sites is 1. The van der Waals surface area contributed by atoms with E-state index in [1.54, 1.807) is 17.0 Å². The topological polar surface area (TPSA) is 49.8 Å². The van der Waals surface area contributed by atoms with E-state index in [0.717, 1.165) is 25.8 Å². The van der Waals surface area contributed by atoms with E-state index in [1.165, 1.54) is 12.1 Å². The molecule has 1 amide bonds. The van der Waals surface area contributed by atoms with Crippen LogP contribution in [-0.4, -0.2) is 41.7 Å². The van der Waals surface area contributed by atoms with Crippen molar-refractivity contribution in [2.75, 3.05) is 19.8 Å². The second kappa shape index (κ2) is 7.24. The Balaban J connectivity index is 1.86. The summed E-state index contributed by atoms with van der Waals surface area (Å²) in [6, 6.07) is 6.24. The maximum Gasteiger partial charge on any atom is 0.260 e. The van der Waals surface area contributed by atoms with Crippen molar-refractivity contribution in [2.24, 2.45) is 0 Å². The quantitative estimate of drug-likeness (QED) is 0.867. The second-order valence-corrected chi connectivity index (χ2v) is 4.97. The zero-order valence-electron chi connectivity index (χ0n) is 11.4. The number of ether oxygens (including phenoxy) is 1. The summed E-state index contributed by atoms with van der Waals surface area (Å²) in [6.07, 6.45) is 3.44. The van der Waals surface area contributed by atoms with Crippen molar-refractivity contribution in [2.45, 2.75) is 31.7 Å². The van der Waals surface area contributed by atoms with E-state index in [1.807, 2.05) is 0 Å². The molecule has 1 aromatic carbocycles. The molecule has 0 aromatic heterocycles. The lowest BCUT2D eigenvalue weighted by molar-refractivity contribution is -0.134. The Hall–Kier alpha value is -1.62. The number of hydrogen-bond acceptors (Lipinski definition) is 3. The zero-order valence-corrected chi connectivity index (χ0v) is 11.4. The molecule has 0 bridgehead atoms. The largest absolute Gasteiger partial charge is 0.481 e. The van der Waals surface area contributed by atoms with E-state index in [4.69, 9.17) is 9.84 Å². The molecule has 20 heavy (non-hydrogen) atoms. The molecule has 1 saturated heterocycles. The van der Waals surface area contributed by atoms with Gasteiger partial charge in [0.05, 0.1) is 0 Å². The third kappa shape index (κ3) is 3.70. The fraction of sp³-hybridized carbons (Fsp3) is 0.533. The van der Waals surface area contributed by atoms with E-state index in [9.17, 15) is 9.18 Å². The molecule has 0 spiro atoms. The van der Waals surface area contributed by atoms with Gasteiger partial charge in [0.1, 0.15) is 0 Å². The number of rotatable bonds is 6. The maximum atomic E-state index is 13.4. The van der Waals surface area contributed by atoms with E-state index < -0.39 is 5.82 Å². The molecule has 5 heteroatoms. The van der Waals surface area contributed by atoms with Gasteiger partial charge in [0, 0.05) is 19.2 Å². The SMILES string of the molecule is O=C(COc1ccccc1F)N1CCCC1CCCO. The van der Waals surface area contributed by atoms with E-state index in [0.29, 0.717) is 6.42 Å². The standard InChI is InChI=1S/C15H20FNO3/c16-13-7-1-2-8-14(13)20-11-15(19)17-9-3-5-12(17)6-4-10-18/h1-2,7-8,12,18H,3-6,9-11H2.